The minimum atomic E-state index is -3.69. The van der Waals surface area contributed by atoms with Crippen molar-refractivity contribution in [2.24, 2.45) is 7.05 Å². The molecule has 30 heavy (non-hydrogen) atoms. The molecule has 0 atom stereocenters. The summed E-state index contributed by atoms with van der Waals surface area (Å²) in [6.07, 6.45) is 0. The van der Waals surface area contributed by atoms with Crippen LogP contribution in [0.3, 0.4) is 0 Å². The topological polar surface area (TPSA) is 84.7 Å². The summed E-state index contributed by atoms with van der Waals surface area (Å²) in [4.78, 5) is 18.5. The number of hydrogen-bond donors (Lipinski definition) is 0. The van der Waals surface area contributed by atoms with E-state index in [9.17, 15) is 13.2 Å². The number of nitrogens with zero attached hydrogens (tertiary/aromatic N) is 4. The second kappa shape index (κ2) is 8.45. The van der Waals surface area contributed by atoms with Crippen LogP contribution in [-0.4, -0.2) is 60.8 Å². The average Bonchev–Trinajstić information content (AvgIpc) is 3.02. The lowest BCUT2D eigenvalue weighted by Gasteiger charge is -2.17. The lowest BCUT2D eigenvalue weighted by molar-refractivity contribution is 0.0827. The summed E-state index contributed by atoms with van der Waals surface area (Å²) in [5, 5.41) is 0. The van der Waals surface area contributed by atoms with Crippen molar-refractivity contribution in [1.82, 2.24) is 18.8 Å². The fourth-order valence-corrected chi connectivity index (χ4v) is 4.25. The molecule has 0 aliphatic heterocycles. The molecule has 0 radical (unpaired) electrons. The first kappa shape index (κ1) is 21.8. The third-order valence-corrected chi connectivity index (χ3v) is 6.65. The molecule has 1 aromatic heterocycles. The predicted molar refractivity (Wildman–Crippen MR) is 115 cm³/mol. The lowest BCUT2D eigenvalue weighted by atomic mass is 10.2. The number of hydrogen-bond acceptors (Lipinski definition) is 5. The molecule has 0 N–H and O–H groups in total. The molecule has 0 saturated heterocycles. The van der Waals surface area contributed by atoms with Crippen LogP contribution in [0.2, 0.25) is 0 Å². The molecule has 0 unspecified atom stereocenters. The molecule has 0 spiro atoms. The lowest BCUT2D eigenvalue weighted by Crippen LogP contribution is -2.27. The minimum absolute atomic E-state index is 0.0949. The summed E-state index contributed by atoms with van der Waals surface area (Å²) < 4.78 is 34.4. The van der Waals surface area contributed by atoms with Gasteiger partial charge in [-0.2, -0.15) is 4.31 Å². The number of carbonyl (C=O) groups excluding carboxylic acids is 1. The third kappa shape index (κ3) is 4.17. The Morgan fingerprint density at radius 3 is 2.37 bits per heavy atom. The third-order valence-electron chi connectivity index (χ3n) is 4.83. The number of amides is 1. The van der Waals surface area contributed by atoms with Gasteiger partial charge in [0.15, 0.2) is 0 Å². The molecule has 160 valence electrons. The normalized spacial score (nSPS) is 11.8. The van der Waals surface area contributed by atoms with Gasteiger partial charge >= 0.3 is 0 Å². The Hall–Kier alpha value is -2.91. The molecular formula is C21H26N4O4S. The summed E-state index contributed by atoms with van der Waals surface area (Å²) in [6, 6.07) is 11.6. The Bertz CT molecular complexity index is 1170. The van der Waals surface area contributed by atoms with Crippen molar-refractivity contribution < 1.29 is 17.9 Å². The van der Waals surface area contributed by atoms with Gasteiger partial charge < -0.3 is 14.2 Å². The van der Waals surface area contributed by atoms with Gasteiger partial charge in [-0.25, -0.2) is 13.4 Å². The van der Waals surface area contributed by atoms with E-state index in [2.05, 4.69) is 4.98 Å². The Morgan fingerprint density at radius 1 is 1.10 bits per heavy atom. The van der Waals surface area contributed by atoms with E-state index in [4.69, 9.17) is 4.74 Å². The smallest absolute Gasteiger partial charge is 0.253 e. The fourth-order valence-electron chi connectivity index (χ4n) is 3.12. The highest BCUT2D eigenvalue weighted by Gasteiger charge is 2.23. The van der Waals surface area contributed by atoms with Crippen molar-refractivity contribution in [1.29, 1.82) is 0 Å². The van der Waals surface area contributed by atoms with Gasteiger partial charge in [0.25, 0.3) is 5.91 Å². The van der Waals surface area contributed by atoms with E-state index in [1.165, 1.54) is 28.4 Å². The van der Waals surface area contributed by atoms with Crippen molar-refractivity contribution in [2.45, 2.75) is 18.4 Å². The average molecular weight is 431 g/mol. The van der Waals surface area contributed by atoms with Crippen LogP contribution in [0.15, 0.2) is 47.4 Å². The molecule has 8 nitrogen and oxygen atoms in total. The molecule has 3 aromatic rings. The maximum absolute atomic E-state index is 12.9. The van der Waals surface area contributed by atoms with Crippen LogP contribution in [0.1, 0.15) is 23.1 Å². The molecule has 1 heterocycles. The maximum Gasteiger partial charge on any atom is 0.253 e. The largest absolute Gasteiger partial charge is 0.494 e. The van der Waals surface area contributed by atoms with E-state index >= 15 is 0 Å². The first-order valence-corrected chi connectivity index (χ1v) is 11.0. The highest BCUT2D eigenvalue weighted by atomic mass is 32.2. The van der Waals surface area contributed by atoms with Crippen LogP contribution in [0.5, 0.6) is 5.75 Å². The second-order valence-electron chi connectivity index (χ2n) is 7.16. The van der Waals surface area contributed by atoms with Crippen molar-refractivity contribution in [3.8, 4) is 5.75 Å². The van der Waals surface area contributed by atoms with Gasteiger partial charge in [0.05, 0.1) is 29.1 Å². The van der Waals surface area contributed by atoms with Gasteiger partial charge in [-0.3, -0.25) is 4.79 Å². The molecule has 0 saturated carbocycles. The van der Waals surface area contributed by atoms with Gasteiger partial charge in [-0.15, -0.1) is 0 Å². The summed E-state index contributed by atoms with van der Waals surface area (Å²) in [5.74, 6) is 1.09. The zero-order chi connectivity index (χ0) is 22.1. The number of aryl methyl sites for hydroxylation is 1. The van der Waals surface area contributed by atoms with Gasteiger partial charge in [-0.1, -0.05) is 0 Å². The number of aromatic nitrogens is 2. The second-order valence-corrected chi connectivity index (χ2v) is 9.20. The number of ether oxygens (including phenoxy) is 1. The highest BCUT2D eigenvalue weighted by molar-refractivity contribution is 7.89. The van der Waals surface area contributed by atoms with Crippen molar-refractivity contribution in [3.05, 3.63) is 53.9 Å². The number of benzene rings is 2. The van der Waals surface area contributed by atoms with Gasteiger partial charge in [0.1, 0.15) is 11.6 Å². The van der Waals surface area contributed by atoms with Crippen molar-refractivity contribution >= 4 is 27.0 Å². The number of carbonyl (C=O) groups is 1. The zero-order valence-electron chi connectivity index (χ0n) is 17.8. The number of imidazole rings is 1. The molecule has 9 heteroatoms. The molecule has 0 aliphatic rings. The first-order chi connectivity index (χ1) is 14.1. The van der Waals surface area contributed by atoms with Crippen LogP contribution >= 0.6 is 0 Å². The number of rotatable bonds is 7. The molecule has 0 aliphatic carbocycles. The molecule has 0 fully saturated rings. The number of fused-ring (bicyclic) bond motifs is 1. The van der Waals surface area contributed by atoms with E-state index in [1.807, 2.05) is 24.6 Å². The SMILES string of the molecule is CCOc1ccc(S(=O)(=O)N(C)Cc2nc3cc(C(=O)N(C)C)ccc3n2C)cc1. The number of sulfonamides is 1. The molecule has 0 bridgehead atoms. The molecule has 1 amide bonds. The summed E-state index contributed by atoms with van der Waals surface area (Å²) in [7, 11) is 3.04. The predicted octanol–water partition coefficient (Wildman–Crippen LogP) is 2.49. The van der Waals surface area contributed by atoms with Gasteiger partial charge in [-0.05, 0) is 49.4 Å². The first-order valence-electron chi connectivity index (χ1n) is 9.51. The monoisotopic (exact) mass is 430 g/mol. The Labute approximate surface area is 176 Å². The Kier molecular flexibility index (Phi) is 6.14. The van der Waals surface area contributed by atoms with E-state index < -0.39 is 10.0 Å². The Balaban J connectivity index is 1.87. The van der Waals surface area contributed by atoms with Gasteiger partial charge in [0, 0.05) is 33.8 Å². The molecule has 3 rings (SSSR count). The summed E-state index contributed by atoms with van der Waals surface area (Å²) in [5.41, 5.74) is 2.01. The molecule has 2 aromatic carbocycles. The quantitative estimate of drug-likeness (QED) is 0.575. The van der Waals surface area contributed by atoms with Crippen LogP contribution in [0.25, 0.3) is 11.0 Å². The van der Waals surface area contributed by atoms with Crippen molar-refractivity contribution in [3.63, 3.8) is 0 Å². The van der Waals surface area contributed by atoms with Crippen molar-refractivity contribution in [2.75, 3.05) is 27.7 Å². The summed E-state index contributed by atoms with van der Waals surface area (Å²) in [6.45, 7) is 2.48. The van der Waals surface area contributed by atoms with E-state index in [0.29, 0.717) is 29.3 Å². The van der Waals surface area contributed by atoms with E-state index in [0.717, 1.165) is 5.52 Å². The standard InChI is InChI=1S/C21H26N4O4S/c1-6-29-16-8-10-17(11-9-16)30(27,28)24(4)14-20-22-18-13-15(21(26)23(2)3)7-12-19(18)25(20)5/h7-13H,6,14H2,1-5H3. The van der Waals surface area contributed by atoms with E-state index in [-0.39, 0.29) is 17.3 Å². The van der Waals surface area contributed by atoms with Crippen LogP contribution < -0.4 is 4.74 Å². The summed E-state index contributed by atoms with van der Waals surface area (Å²) >= 11 is 0. The highest BCUT2D eigenvalue weighted by Crippen LogP contribution is 2.22. The van der Waals surface area contributed by atoms with Crippen LogP contribution in [0.4, 0.5) is 0 Å². The van der Waals surface area contributed by atoms with E-state index in [1.54, 1.807) is 38.4 Å². The minimum Gasteiger partial charge on any atom is -0.494 e. The van der Waals surface area contributed by atoms with Crippen LogP contribution in [-0.2, 0) is 23.6 Å². The fraction of sp³-hybridized carbons (Fsp3) is 0.333. The molecular weight excluding hydrogens is 404 g/mol. The van der Waals surface area contributed by atoms with Gasteiger partial charge in [0.2, 0.25) is 10.0 Å². The maximum atomic E-state index is 12.9. The van der Waals surface area contributed by atoms with Crippen LogP contribution in [0, 0.1) is 0 Å². The Morgan fingerprint density at radius 2 is 1.77 bits per heavy atom. The zero-order valence-corrected chi connectivity index (χ0v) is 18.6.